The molecule has 0 aliphatic carbocycles. The summed E-state index contributed by atoms with van der Waals surface area (Å²) in [6.07, 6.45) is 4.90. The van der Waals surface area contributed by atoms with Crippen molar-refractivity contribution in [1.29, 1.82) is 5.26 Å². The predicted octanol–water partition coefficient (Wildman–Crippen LogP) is 2.72. The SMILES string of the molecule is CCc1cc(CN(CC#N)S(C)(=O)=O)cc(F)c1N(C)c1cc2c(cn1)ncn2C. The van der Waals surface area contributed by atoms with E-state index in [-0.39, 0.29) is 13.1 Å². The second-order valence-corrected chi connectivity index (χ2v) is 9.06. The maximum absolute atomic E-state index is 15.2. The van der Waals surface area contributed by atoms with Gasteiger partial charge in [0.05, 0.1) is 36.1 Å². The van der Waals surface area contributed by atoms with Gasteiger partial charge in [0.1, 0.15) is 23.7 Å². The molecule has 0 saturated heterocycles. The fourth-order valence-electron chi connectivity index (χ4n) is 3.35. The third-order valence-corrected chi connectivity index (χ3v) is 6.13. The summed E-state index contributed by atoms with van der Waals surface area (Å²) in [5.41, 5.74) is 3.20. The maximum Gasteiger partial charge on any atom is 0.212 e. The van der Waals surface area contributed by atoms with Crippen LogP contribution in [0.25, 0.3) is 11.0 Å². The fourth-order valence-corrected chi connectivity index (χ4v) is 4.02. The second kappa shape index (κ2) is 8.38. The van der Waals surface area contributed by atoms with Crippen molar-refractivity contribution in [2.75, 3.05) is 24.7 Å². The third-order valence-electron chi connectivity index (χ3n) is 4.93. The number of hydrogen-bond donors (Lipinski definition) is 0. The number of rotatable bonds is 7. The predicted molar refractivity (Wildman–Crippen MR) is 113 cm³/mol. The zero-order valence-electron chi connectivity index (χ0n) is 17.3. The summed E-state index contributed by atoms with van der Waals surface area (Å²) in [6.45, 7) is 1.54. The molecule has 2 heterocycles. The first-order valence-electron chi connectivity index (χ1n) is 9.29. The van der Waals surface area contributed by atoms with E-state index in [0.29, 0.717) is 29.1 Å². The quantitative estimate of drug-likeness (QED) is 0.535. The van der Waals surface area contributed by atoms with E-state index in [4.69, 9.17) is 5.26 Å². The number of imidazole rings is 1. The summed E-state index contributed by atoms with van der Waals surface area (Å²) in [4.78, 5) is 10.3. The summed E-state index contributed by atoms with van der Waals surface area (Å²) in [5, 5.41) is 8.91. The highest BCUT2D eigenvalue weighted by Crippen LogP contribution is 2.32. The van der Waals surface area contributed by atoms with E-state index >= 15 is 4.39 Å². The van der Waals surface area contributed by atoms with Crippen LogP contribution < -0.4 is 4.90 Å². The first-order valence-corrected chi connectivity index (χ1v) is 11.1. The lowest BCUT2D eigenvalue weighted by Gasteiger charge is -2.24. The van der Waals surface area contributed by atoms with Crippen molar-refractivity contribution in [2.24, 2.45) is 7.05 Å². The Kier molecular flexibility index (Phi) is 6.05. The van der Waals surface area contributed by atoms with Gasteiger partial charge in [0.25, 0.3) is 0 Å². The van der Waals surface area contributed by atoms with Gasteiger partial charge in [-0.15, -0.1) is 0 Å². The van der Waals surface area contributed by atoms with E-state index in [0.717, 1.165) is 21.6 Å². The van der Waals surface area contributed by atoms with Crippen LogP contribution >= 0.6 is 0 Å². The van der Waals surface area contributed by atoms with Gasteiger partial charge in [0.2, 0.25) is 10.0 Å². The van der Waals surface area contributed by atoms with Crippen LogP contribution in [0.15, 0.2) is 30.7 Å². The van der Waals surface area contributed by atoms with Gasteiger partial charge in [0, 0.05) is 26.7 Å². The van der Waals surface area contributed by atoms with E-state index in [2.05, 4.69) is 9.97 Å². The summed E-state index contributed by atoms with van der Waals surface area (Å²) in [6, 6.07) is 6.76. The van der Waals surface area contributed by atoms with Crippen LogP contribution in [0.2, 0.25) is 0 Å². The van der Waals surface area contributed by atoms with Gasteiger partial charge in [-0.05, 0) is 23.6 Å². The molecule has 3 rings (SSSR count). The topological polar surface area (TPSA) is 95.1 Å². The largest absolute Gasteiger partial charge is 0.334 e. The van der Waals surface area contributed by atoms with Gasteiger partial charge in [-0.2, -0.15) is 9.57 Å². The number of nitriles is 1. The van der Waals surface area contributed by atoms with E-state index in [1.165, 1.54) is 6.07 Å². The molecule has 10 heteroatoms. The molecule has 0 unspecified atom stereocenters. The molecule has 3 aromatic rings. The van der Waals surface area contributed by atoms with Crippen LogP contribution in [-0.4, -0.2) is 47.1 Å². The van der Waals surface area contributed by atoms with E-state index in [9.17, 15) is 8.42 Å². The number of hydrogen-bond acceptors (Lipinski definition) is 6. The number of fused-ring (bicyclic) bond motifs is 1. The second-order valence-electron chi connectivity index (χ2n) is 7.07. The lowest BCUT2D eigenvalue weighted by atomic mass is 10.0. The molecule has 30 heavy (non-hydrogen) atoms. The Morgan fingerprint density at radius 2 is 2.00 bits per heavy atom. The van der Waals surface area contributed by atoms with Crippen molar-refractivity contribution < 1.29 is 12.8 Å². The average Bonchev–Trinajstić information content (AvgIpc) is 3.06. The fraction of sp³-hybridized carbons (Fsp3) is 0.350. The molecular formula is C20H23FN6O2S. The minimum absolute atomic E-state index is 0.0699. The molecule has 8 nitrogen and oxygen atoms in total. The van der Waals surface area contributed by atoms with Crippen molar-refractivity contribution in [1.82, 2.24) is 18.8 Å². The Hall–Kier alpha value is -3.03. The van der Waals surface area contributed by atoms with Gasteiger partial charge in [-0.1, -0.05) is 13.0 Å². The van der Waals surface area contributed by atoms with E-state index < -0.39 is 15.8 Å². The van der Waals surface area contributed by atoms with Crippen LogP contribution in [-0.2, 0) is 30.0 Å². The molecule has 0 aliphatic heterocycles. The molecule has 0 atom stereocenters. The molecule has 2 aromatic heterocycles. The summed E-state index contributed by atoms with van der Waals surface area (Å²) in [5.74, 6) is 0.0823. The number of aryl methyl sites for hydroxylation is 2. The first kappa shape index (κ1) is 21.7. The summed E-state index contributed by atoms with van der Waals surface area (Å²) < 4.78 is 41.9. The maximum atomic E-state index is 15.2. The number of pyridine rings is 1. The molecule has 0 saturated carbocycles. The molecule has 0 radical (unpaired) electrons. The monoisotopic (exact) mass is 430 g/mol. The Balaban J connectivity index is 2.00. The highest BCUT2D eigenvalue weighted by atomic mass is 32.2. The lowest BCUT2D eigenvalue weighted by molar-refractivity contribution is 0.445. The molecule has 0 fully saturated rings. The highest BCUT2D eigenvalue weighted by Gasteiger charge is 2.21. The number of sulfonamides is 1. The lowest BCUT2D eigenvalue weighted by Crippen LogP contribution is -2.30. The van der Waals surface area contributed by atoms with E-state index in [1.807, 2.05) is 30.7 Å². The van der Waals surface area contributed by atoms with Crippen molar-refractivity contribution in [3.63, 3.8) is 0 Å². The van der Waals surface area contributed by atoms with Crippen LogP contribution in [0.4, 0.5) is 15.9 Å². The van der Waals surface area contributed by atoms with E-state index in [1.54, 1.807) is 30.5 Å². The number of anilines is 2. The van der Waals surface area contributed by atoms with Gasteiger partial charge in [-0.3, -0.25) is 0 Å². The molecule has 0 spiro atoms. The Morgan fingerprint density at radius 3 is 2.63 bits per heavy atom. The third kappa shape index (κ3) is 4.27. The normalized spacial score (nSPS) is 11.8. The average molecular weight is 431 g/mol. The summed E-state index contributed by atoms with van der Waals surface area (Å²) >= 11 is 0. The van der Waals surface area contributed by atoms with Gasteiger partial charge >= 0.3 is 0 Å². The number of nitrogens with zero attached hydrogens (tertiary/aromatic N) is 6. The highest BCUT2D eigenvalue weighted by molar-refractivity contribution is 7.88. The minimum atomic E-state index is -3.59. The zero-order chi connectivity index (χ0) is 22.1. The van der Waals surface area contributed by atoms with Crippen molar-refractivity contribution in [2.45, 2.75) is 19.9 Å². The van der Waals surface area contributed by atoms with Gasteiger partial charge in [-0.25, -0.2) is 22.8 Å². The van der Waals surface area contributed by atoms with Crippen molar-refractivity contribution in [3.8, 4) is 6.07 Å². The van der Waals surface area contributed by atoms with Crippen molar-refractivity contribution >= 4 is 32.6 Å². The molecular weight excluding hydrogens is 407 g/mol. The molecule has 158 valence electrons. The molecule has 1 aromatic carbocycles. The van der Waals surface area contributed by atoms with Crippen LogP contribution in [0.1, 0.15) is 18.1 Å². The van der Waals surface area contributed by atoms with Crippen LogP contribution in [0.3, 0.4) is 0 Å². The standard InChI is InChI=1S/C20H23FN6O2S/c1-5-15-8-14(12-27(7-6-22)30(4,28)29)9-16(21)20(15)26(3)19-10-18-17(11-23-19)24-13-25(18)2/h8-11,13H,5,7,12H2,1-4H3. The Labute approximate surface area is 175 Å². The van der Waals surface area contributed by atoms with Crippen LogP contribution in [0, 0.1) is 17.1 Å². The minimum Gasteiger partial charge on any atom is -0.334 e. The zero-order valence-corrected chi connectivity index (χ0v) is 18.1. The number of halogens is 1. The smallest absolute Gasteiger partial charge is 0.212 e. The molecule has 0 amide bonds. The molecule has 0 bridgehead atoms. The Bertz CT molecular complexity index is 1230. The Morgan fingerprint density at radius 1 is 1.27 bits per heavy atom. The first-order chi connectivity index (χ1) is 14.2. The molecule has 0 N–H and O–H groups in total. The molecule has 0 aliphatic rings. The van der Waals surface area contributed by atoms with Gasteiger partial charge in [0.15, 0.2) is 0 Å². The number of benzene rings is 1. The van der Waals surface area contributed by atoms with Crippen molar-refractivity contribution in [3.05, 3.63) is 47.7 Å². The summed E-state index contributed by atoms with van der Waals surface area (Å²) in [7, 11) is 0.0254. The number of aromatic nitrogens is 3. The van der Waals surface area contributed by atoms with Gasteiger partial charge < -0.3 is 9.47 Å². The van der Waals surface area contributed by atoms with Crippen LogP contribution in [0.5, 0.6) is 0 Å².